The van der Waals surface area contributed by atoms with Crippen LogP contribution in [0.15, 0.2) is 48.5 Å². The van der Waals surface area contributed by atoms with Gasteiger partial charge in [-0.3, -0.25) is 4.79 Å². The lowest BCUT2D eigenvalue weighted by atomic mass is 9.91. The summed E-state index contributed by atoms with van der Waals surface area (Å²) in [4.78, 5) is 15.5. The van der Waals surface area contributed by atoms with E-state index in [4.69, 9.17) is 4.74 Å². The van der Waals surface area contributed by atoms with E-state index in [1.54, 1.807) is 0 Å². The summed E-state index contributed by atoms with van der Waals surface area (Å²) in [6.07, 6.45) is 2.97. The number of rotatable bonds is 1. The van der Waals surface area contributed by atoms with Crippen LogP contribution in [0.5, 0.6) is 5.75 Å². The number of carbonyl (C=O) groups excluding carboxylic acids is 1. The second kappa shape index (κ2) is 4.85. The molecule has 2 aromatic carbocycles. The number of amides is 1. The molecule has 3 atom stereocenters. The van der Waals surface area contributed by atoms with Crippen molar-refractivity contribution < 1.29 is 9.53 Å². The summed E-state index contributed by atoms with van der Waals surface area (Å²) in [5.41, 5.74) is 3.77. The van der Waals surface area contributed by atoms with Gasteiger partial charge in [-0.05, 0) is 36.5 Å². The Labute approximate surface area is 135 Å². The van der Waals surface area contributed by atoms with E-state index in [9.17, 15) is 4.79 Å². The first-order valence-electron chi connectivity index (χ1n) is 8.47. The summed E-state index contributed by atoms with van der Waals surface area (Å²) in [7, 11) is 0. The Morgan fingerprint density at radius 1 is 0.870 bits per heavy atom. The lowest BCUT2D eigenvalue weighted by Gasteiger charge is -2.31. The molecule has 23 heavy (non-hydrogen) atoms. The molecule has 5 rings (SSSR count). The molecular weight excluding hydrogens is 286 g/mol. The highest BCUT2D eigenvalue weighted by Gasteiger charge is 2.48. The van der Waals surface area contributed by atoms with Crippen LogP contribution in [0.2, 0.25) is 0 Å². The fourth-order valence-corrected chi connectivity index (χ4v) is 4.63. The Bertz CT molecular complexity index is 754. The molecule has 1 saturated heterocycles. The smallest absolute Gasteiger partial charge is 0.231 e. The quantitative estimate of drug-likeness (QED) is 0.798. The van der Waals surface area contributed by atoms with Crippen LogP contribution >= 0.6 is 0 Å². The summed E-state index contributed by atoms with van der Waals surface area (Å²) in [6, 6.07) is 17.1. The minimum atomic E-state index is -0.0580. The maximum absolute atomic E-state index is 13.4. The summed E-state index contributed by atoms with van der Waals surface area (Å²) in [5, 5.41) is 0. The molecular formula is C20H19NO2. The second-order valence-electron chi connectivity index (χ2n) is 6.71. The third-order valence-electron chi connectivity index (χ3n) is 5.61. The molecule has 0 aromatic heterocycles. The molecule has 3 heterocycles. The van der Waals surface area contributed by atoms with Gasteiger partial charge < -0.3 is 9.64 Å². The third-order valence-corrected chi connectivity index (χ3v) is 5.61. The predicted octanol–water partition coefficient (Wildman–Crippen LogP) is 3.97. The highest BCUT2D eigenvalue weighted by atomic mass is 16.5. The zero-order valence-corrected chi connectivity index (χ0v) is 12.9. The highest BCUT2D eigenvalue weighted by Crippen LogP contribution is 2.54. The molecule has 0 N–H and O–H groups in total. The zero-order chi connectivity index (χ0) is 15.4. The molecule has 3 aliphatic heterocycles. The number of para-hydroxylation sites is 1. The van der Waals surface area contributed by atoms with Gasteiger partial charge >= 0.3 is 0 Å². The van der Waals surface area contributed by atoms with E-state index in [1.165, 1.54) is 11.1 Å². The van der Waals surface area contributed by atoms with E-state index in [1.807, 2.05) is 24.3 Å². The van der Waals surface area contributed by atoms with Gasteiger partial charge in [0, 0.05) is 5.56 Å². The van der Waals surface area contributed by atoms with Gasteiger partial charge in [0.1, 0.15) is 5.75 Å². The fraction of sp³-hybridized carbons (Fsp3) is 0.350. The van der Waals surface area contributed by atoms with Gasteiger partial charge in [-0.25, -0.2) is 0 Å². The Hall–Kier alpha value is -2.29. The van der Waals surface area contributed by atoms with Crippen molar-refractivity contribution in [1.29, 1.82) is 0 Å². The van der Waals surface area contributed by atoms with Gasteiger partial charge in [-0.2, -0.15) is 0 Å². The number of carbonyl (C=O) groups is 1. The SMILES string of the molecule is O=C([C@H]1CCOc2ccccc21)N1[C@H]2CC[C@H]1c1ccccc12. The summed E-state index contributed by atoms with van der Waals surface area (Å²) < 4.78 is 5.73. The van der Waals surface area contributed by atoms with E-state index in [0.717, 1.165) is 30.6 Å². The maximum atomic E-state index is 13.4. The molecule has 0 radical (unpaired) electrons. The molecule has 0 aliphatic carbocycles. The molecule has 2 bridgehead atoms. The minimum absolute atomic E-state index is 0.0580. The van der Waals surface area contributed by atoms with Crippen LogP contribution in [0.4, 0.5) is 0 Å². The lowest BCUT2D eigenvalue weighted by molar-refractivity contribution is -0.135. The van der Waals surface area contributed by atoms with Crippen molar-refractivity contribution in [1.82, 2.24) is 4.90 Å². The van der Waals surface area contributed by atoms with E-state index >= 15 is 0 Å². The molecule has 3 aliphatic rings. The zero-order valence-electron chi connectivity index (χ0n) is 12.9. The summed E-state index contributed by atoms with van der Waals surface area (Å²) >= 11 is 0. The van der Waals surface area contributed by atoms with Crippen LogP contribution in [0, 0.1) is 0 Å². The number of hydrogen-bond donors (Lipinski definition) is 0. The summed E-state index contributed by atoms with van der Waals surface area (Å²) in [6.45, 7) is 0.629. The Morgan fingerprint density at radius 2 is 1.48 bits per heavy atom. The van der Waals surface area contributed by atoms with Crippen molar-refractivity contribution in [3.05, 3.63) is 65.2 Å². The van der Waals surface area contributed by atoms with Crippen LogP contribution in [0.1, 0.15) is 54.0 Å². The normalized spacial score (nSPS) is 27.3. The average Bonchev–Trinajstić information content (AvgIpc) is 3.18. The summed E-state index contributed by atoms with van der Waals surface area (Å²) in [5.74, 6) is 1.10. The van der Waals surface area contributed by atoms with Gasteiger partial charge in [0.2, 0.25) is 5.91 Å². The first kappa shape index (κ1) is 13.2. The Morgan fingerprint density at radius 3 is 2.17 bits per heavy atom. The largest absolute Gasteiger partial charge is 0.493 e. The molecule has 3 nitrogen and oxygen atoms in total. The van der Waals surface area contributed by atoms with Crippen molar-refractivity contribution in [2.75, 3.05) is 6.61 Å². The van der Waals surface area contributed by atoms with Crippen molar-refractivity contribution in [3.8, 4) is 5.75 Å². The van der Waals surface area contributed by atoms with E-state index in [2.05, 4.69) is 29.2 Å². The molecule has 3 heteroatoms. The van der Waals surface area contributed by atoms with Gasteiger partial charge in [0.05, 0.1) is 24.6 Å². The number of benzene rings is 2. The van der Waals surface area contributed by atoms with Crippen molar-refractivity contribution in [2.24, 2.45) is 0 Å². The van der Waals surface area contributed by atoms with Gasteiger partial charge in [-0.1, -0.05) is 42.5 Å². The van der Waals surface area contributed by atoms with E-state index in [-0.39, 0.29) is 23.9 Å². The van der Waals surface area contributed by atoms with Crippen LogP contribution in [-0.4, -0.2) is 17.4 Å². The standard InChI is InChI=1S/C20H19NO2/c22-20(16-11-12-23-19-8-4-3-7-15(16)19)21-17-9-10-18(21)14-6-2-1-5-13(14)17/h1-8,16-18H,9-12H2/t16-,17-,18-/m0/s1. The first-order chi connectivity index (χ1) is 11.3. The molecule has 0 unspecified atom stereocenters. The lowest BCUT2D eigenvalue weighted by Crippen LogP contribution is -2.35. The number of hydrogen-bond acceptors (Lipinski definition) is 2. The topological polar surface area (TPSA) is 29.5 Å². The molecule has 116 valence electrons. The van der Waals surface area contributed by atoms with Crippen molar-refractivity contribution >= 4 is 5.91 Å². The third kappa shape index (κ3) is 1.79. The Kier molecular flexibility index (Phi) is 2.78. The number of ether oxygens (including phenoxy) is 1. The number of fused-ring (bicyclic) bond motifs is 6. The fourth-order valence-electron chi connectivity index (χ4n) is 4.63. The van der Waals surface area contributed by atoms with Crippen LogP contribution < -0.4 is 4.74 Å². The Balaban J connectivity index is 1.52. The van der Waals surface area contributed by atoms with Crippen molar-refractivity contribution in [3.63, 3.8) is 0 Å². The monoisotopic (exact) mass is 305 g/mol. The molecule has 0 saturated carbocycles. The van der Waals surface area contributed by atoms with Crippen molar-refractivity contribution in [2.45, 2.75) is 37.3 Å². The van der Waals surface area contributed by atoms with E-state index < -0.39 is 0 Å². The van der Waals surface area contributed by atoms with Crippen LogP contribution in [0.25, 0.3) is 0 Å². The molecule has 1 fully saturated rings. The minimum Gasteiger partial charge on any atom is -0.493 e. The number of nitrogens with zero attached hydrogens (tertiary/aromatic N) is 1. The van der Waals surface area contributed by atoms with Gasteiger partial charge in [0.15, 0.2) is 0 Å². The van der Waals surface area contributed by atoms with Gasteiger partial charge in [-0.15, -0.1) is 0 Å². The molecule has 1 amide bonds. The molecule has 2 aromatic rings. The average molecular weight is 305 g/mol. The van der Waals surface area contributed by atoms with Crippen LogP contribution in [0.3, 0.4) is 0 Å². The highest BCUT2D eigenvalue weighted by molar-refractivity contribution is 5.86. The molecule has 0 spiro atoms. The van der Waals surface area contributed by atoms with Crippen LogP contribution in [-0.2, 0) is 4.79 Å². The maximum Gasteiger partial charge on any atom is 0.231 e. The van der Waals surface area contributed by atoms with Gasteiger partial charge in [0.25, 0.3) is 0 Å². The first-order valence-corrected chi connectivity index (χ1v) is 8.47. The van der Waals surface area contributed by atoms with E-state index in [0.29, 0.717) is 6.61 Å². The predicted molar refractivity (Wildman–Crippen MR) is 87.3 cm³/mol. The second-order valence-corrected chi connectivity index (χ2v) is 6.71.